The van der Waals surface area contributed by atoms with Crippen LogP contribution in [0.1, 0.15) is 24.1 Å². The molecule has 0 aliphatic heterocycles. The summed E-state index contributed by atoms with van der Waals surface area (Å²) in [6.45, 7) is 1.15. The molecule has 9 heteroatoms. The molecule has 0 aliphatic rings. The van der Waals surface area contributed by atoms with E-state index in [0.29, 0.717) is 11.3 Å². The van der Waals surface area contributed by atoms with Crippen LogP contribution in [-0.2, 0) is 15.8 Å². The number of carbonyl (C=O) groups is 2. The normalized spacial score (nSPS) is 12.3. The molecule has 3 N–H and O–H groups in total. The van der Waals surface area contributed by atoms with Gasteiger partial charge in [-0.25, -0.2) is 4.39 Å². The Hall–Kier alpha value is -2.94. The molecular formula is C19H19F4N3O2. The molecule has 2 aromatic carbocycles. The van der Waals surface area contributed by atoms with Crippen molar-refractivity contribution in [1.82, 2.24) is 10.6 Å². The molecule has 150 valence electrons. The third-order valence-corrected chi connectivity index (χ3v) is 3.86. The molecule has 0 unspecified atom stereocenters. The van der Waals surface area contributed by atoms with Crippen LogP contribution >= 0.6 is 0 Å². The maximum atomic E-state index is 12.8. The van der Waals surface area contributed by atoms with Crippen molar-refractivity contribution >= 4 is 17.5 Å². The predicted molar refractivity (Wildman–Crippen MR) is 95.9 cm³/mol. The van der Waals surface area contributed by atoms with Crippen molar-refractivity contribution in [3.05, 3.63) is 65.5 Å². The van der Waals surface area contributed by atoms with Crippen LogP contribution in [-0.4, -0.2) is 24.9 Å². The van der Waals surface area contributed by atoms with E-state index in [1.807, 2.05) is 0 Å². The number of amides is 2. The zero-order valence-electron chi connectivity index (χ0n) is 14.9. The lowest BCUT2D eigenvalue weighted by atomic mass is 10.0. The van der Waals surface area contributed by atoms with Gasteiger partial charge in [-0.15, -0.1) is 0 Å². The van der Waals surface area contributed by atoms with Crippen LogP contribution in [0, 0.1) is 5.82 Å². The van der Waals surface area contributed by atoms with E-state index in [4.69, 9.17) is 0 Å². The Morgan fingerprint density at radius 3 is 2.32 bits per heavy atom. The van der Waals surface area contributed by atoms with E-state index in [0.717, 1.165) is 12.1 Å². The molecule has 0 heterocycles. The molecule has 2 rings (SSSR count). The summed E-state index contributed by atoms with van der Waals surface area (Å²) >= 11 is 0. The molecule has 0 fully saturated rings. The van der Waals surface area contributed by atoms with Gasteiger partial charge in [0.25, 0.3) is 0 Å². The molecule has 0 spiro atoms. The van der Waals surface area contributed by atoms with Gasteiger partial charge in [0.2, 0.25) is 11.8 Å². The highest BCUT2D eigenvalue weighted by Gasteiger charge is 2.30. The van der Waals surface area contributed by atoms with Crippen LogP contribution in [0.4, 0.5) is 23.2 Å². The van der Waals surface area contributed by atoms with Gasteiger partial charge in [0.1, 0.15) is 5.82 Å². The molecule has 28 heavy (non-hydrogen) atoms. The van der Waals surface area contributed by atoms with Gasteiger partial charge in [-0.1, -0.05) is 12.1 Å². The van der Waals surface area contributed by atoms with Crippen molar-refractivity contribution in [2.45, 2.75) is 19.1 Å². The van der Waals surface area contributed by atoms with Crippen LogP contribution in [0.2, 0.25) is 0 Å². The Morgan fingerprint density at radius 1 is 1.00 bits per heavy atom. The van der Waals surface area contributed by atoms with Gasteiger partial charge in [0.05, 0.1) is 18.7 Å². The number of rotatable bonds is 7. The lowest BCUT2D eigenvalue weighted by molar-refractivity contribution is -0.137. The Balaban J connectivity index is 1.77. The van der Waals surface area contributed by atoms with Crippen LogP contribution in [0.5, 0.6) is 0 Å². The lowest BCUT2D eigenvalue weighted by Gasteiger charge is -2.16. The second-order valence-electron chi connectivity index (χ2n) is 6.06. The highest BCUT2D eigenvalue weighted by atomic mass is 19.4. The number of benzene rings is 2. The summed E-state index contributed by atoms with van der Waals surface area (Å²) in [5.74, 6) is -1.42. The smallest absolute Gasteiger partial charge is 0.346 e. The van der Waals surface area contributed by atoms with E-state index < -0.39 is 35.4 Å². The van der Waals surface area contributed by atoms with E-state index in [9.17, 15) is 27.2 Å². The van der Waals surface area contributed by atoms with Gasteiger partial charge in [-0.05, 0) is 48.9 Å². The summed E-state index contributed by atoms with van der Waals surface area (Å²) < 4.78 is 51.1. The Labute approximate surface area is 159 Å². The maximum Gasteiger partial charge on any atom is 0.416 e. The minimum atomic E-state index is -4.44. The van der Waals surface area contributed by atoms with Gasteiger partial charge in [0.15, 0.2) is 0 Å². The SMILES string of the molecule is C[C@@H](NCC(=O)NCC(=O)Nc1ccc(F)cc1)c1cccc(C(F)(F)F)c1. The second-order valence-corrected chi connectivity index (χ2v) is 6.06. The molecule has 2 amide bonds. The number of alkyl halides is 3. The molecule has 0 saturated carbocycles. The van der Waals surface area contributed by atoms with Gasteiger partial charge < -0.3 is 16.0 Å². The number of hydrogen-bond acceptors (Lipinski definition) is 3. The molecule has 0 bridgehead atoms. The van der Waals surface area contributed by atoms with Crippen molar-refractivity contribution in [2.75, 3.05) is 18.4 Å². The second kappa shape index (κ2) is 9.32. The first-order valence-corrected chi connectivity index (χ1v) is 8.38. The summed E-state index contributed by atoms with van der Waals surface area (Å²) in [5.41, 5.74) is 0.00851. The zero-order chi connectivity index (χ0) is 20.7. The van der Waals surface area contributed by atoms with Crippen LogP contribution < -0.4 is 16.0 Å². The van der Waals surface area contributed by atoms with Crippen molar-refractivity contribution in [3.8, 4) is 0 Å². The highest BCUT2D eigenvalue weighted by Crippen LogP contribution is 2.30. The molecule has 0 saturated heterocycles. The number of carbonyl (C=O) groups excluding carboxylic acids is 2. The number of anilines is 1. The van der Waals surface area contributed by atoms with Crippen LogP contribution in [0.25, 0.3) is 0 Å². The molecule has 0 aromatic heterocycles. The fourth-order valence-electron chi connectivity index (χ4n) is 2.33. The fraction of sp³-hybridized carbons (Fsp3) is 0.263. The minimum Gasteiger partial charge on any atom is -0.346 e. The maximum absolute atomic E-state index is 12.8. The van der Waals surface area contributed by atoms with Gasteiger partial charge in [-0.2, -0.15) is 13.2 Å². The van der Waals surface area contributed by atoms with Gasteiger partial charge in [0, 0.05) is 11.7 Å². The zero-order valence-corrected chi connectivity index (χ0v) is 14.9. The fourth-order valence-corrected chi connectivity index (χ4v) is 2.33. The third-order valence-electron chi connectivity index (χ3n) is 3.86. The topological polar surface area (TPSA) is 70.2 Å². The highest BCUT2D eigenvalue weighted by molar-refractivity contribution is 5.94. The Morgan fingerprint density at radius 2 is 1.68 bits per heavy atom. The van der Waals surface area contributed by atoms with E-state index in [1.54, 1.807) is 6.92 Å². The minimum absolute atomic E-state index is 0.179. The Bertz CT molecular complexity index is 823. The van der Waals surface area contributed by atoms with Crippen LogP contribution in [0.3, 0.4) is 0 Å². The van der Waals surface area contributed by atoms with Crippen molar-refractivity contribution in [1.29, 1.82) is 0 Å². The molecule has 5 nitrogen and oxygen atoms in total. The molecule has 1 atom stereocenters. The molecule has 0 radical (unpaired) electrons. The summed E-state index contributed by atoms with van der Waals surface area (Å²) in [6.07, 6.45) is -4.44. The third kappa shape index (κ3) is 6.66. The van der Waals surface area contributed by atoms with E-state index in [1.165, 1.54) is 36.4 Å². The first-order valence-electron chi connectivity index (χ1n) is 8.38. The summed E-state index contributed by atoms with van der Waals surface area (Å²) in [5, 5.41) is 7.68. The predicted octanol–water partition coefficient (Wildman–Crippen LogP) is 3.25. The van der Waals surface area contributed by atoms with Gasteiger partial charge >= 0.3 is 6.18 Å². The first-order chi connectivity index (χ1) is 13.1. The van der Waals surface area contributed by atoms with Crippen molar-refractivity contribution in [2.24, 2.45) is 0 Å². The largest absolute Gasteiger partial charge is 0.416 e. The number of halogens is 4. The van der Waals surface area contributed by atoms with E-state index in [2.05, 4.69) is 16.0 Å². The quantitative estimate of drug-likeness (QED) is 0.629. The average Bonchev–Trinajstić information content (AvgIpc) is 2.65. The van der Waals surface area contributed by atoms with Crippen molar-refractivity contribution < 1.29 is 27.2 Å². The van der Waals surface area contributed by atoms with Crippen molar-refractivity contribution in [3.63, 3.8) is 0 Å². The molecule has 0 aliphatic carbocycles. The number of hydrogen-bond donors (Lipinski definition) is 3. The van der Waals surface area contributed by atoms with Gasteiger partial charge in [-0.3, -0.25) is 9.59 Å². The average molecular weight is 397 g/mol. The summed E-state index contributed by atoms with van der Waals surface area (Å²) in [6, 6.07) is 9.47. The molecular weight excluding hydrogens is 378 g/mol. The Kier molecular flexibility index (Phi) is 7.11. The first kappa shape index (κ1) is 21.4. The van der Waals surface area contributed by atoms with E-state index >= 15 is 0 Å². The van der Waals surface area contributed by atoms with Crippen LogP contribution in [0.15, 0.2) is 48.5 Å². The van der Waals surface area contributed by atoms with E-state index in [-0.39, 0.29) is 13.1 Å². The lowest BCUT2D eigenvalue weighted by Crippen LogP contribution is -2.39. The summed E-state index contributed by atoms with van der Waals surface area (Å²) in [4.78, 5) is 23.6. The summed E-state index contributed by atoms with van der Waals surface area (Å²) in [7, 11) is 0. The number of nitrogens with one attached hydrogen (secondary N) is 3. The standard InChI is InChI=1S/C19H19F4N3O2/c1-12(13-3-2-4-14(9-13)19(21,22)23)24-10-17(27)25-11-18(28)26-16-7-5-15(20)6-8-16/h2-9,12,24H,10-11H2,1H3,(H,25,27)(H,26,28)/t12-/m1/s1. The molecule has 2 aromatic rings. The monoisotopic (exact) mass is 397 g/mol.